The minimum atomic E-state index is -0.709. The standard InChI is InChI=1S/C29H31FN4O5/c1-29(2,3)39-28(37)32-20-9-11-34(12-10-20)25-15-23(36)26(17-7-8-24(38-4)22(35)14-17)27(33-25)18-5-6-19(16-31)21(30)13-18/h5-8,13-15,20,35H,9-12H2,1-4H3,(H,32,37)(H,33,36). The van der Waals surface area contributed by atoms with E-state index in [0.717, 1.165) is 0 Å². The van der Waals surface area contributed by atoms with Crippen LogP contribution in [-0.2, 0) is 4.74 Å². The lowest BCUT2D eigenvalue weighted by molar-refractivity contribution is 0.0497. The van der Waals surface area contributed by atoms with Crippen molar-refractivity contribution in [1.82, 2.24) is 10.3 Å². The second kappa shape index (κ2) is 11.1. The quantitative estimate of drug-likeness (QED) is 0.400. The Labute approximate surface area is 226 Å². The summed E-state index contributed by atoms with van der Waals surface area (Å²) in [6.07, 6.45) is 0.807. The van der Waals surface area contributed by atoms with E-state index < -0.39 is 17.5 Å². The molecule has 9 nitrogen and oxygen atoms in total. The van der Waals surface area contributed by atoms with E-state index in [2.05, 4.69) is 5.32 Å². The Morgan fingerprint density at radius 2 is 1.79 bits per heavy atom. The summed E-state index contributed by atoms with van der Waals surface area (Å²) in [4.78, 5) is 18.9. The lowest BCUT2D eigenvalue weighted by Gasteiger charge is -2.34. The van der Waals surface area contributed by atoms with E-state index in [-0.39, 0.29) is 34.5 Å². The number of benzene rings is 2. The summed E-state index contributed by atoms with van der Waals surface area (Å²) in [5.74, 6) is -0.214. The summed E-state index contributed by atoms with van der Waals surface area (Å²) < 4.78 is 25.1. The second-order valence-electron chi connectivity index (χ2n) is 10.3. The molecule has 0 bridgehead atoms. The van der Waals surface area contributed by atoms with Crippen LogP contribution in [0.25, 0.3) is 22.4 Å². The van der Waals surface area contributed by atoms with Crippen LogP contribution in [0.1, 0.15) is 39.2 Å². The number of carbonyl (C=O) groups is 1. The lowest BCUT2D eigenvalue weighted by Crippen LogP contribution is -2.46. The number of anilines is 1. The zero-order chi connectivity index (χ0) is 28.3. The van der Waals surface area contributed by atoms with Gasteiger partial charge in [-0.2, -0.15) is 5.26 Å². The molecule has 3 N–H and O–H groups in total. The van der Waals surface area contributed by atoms with Gasteiger partial charge in [0.15, 0.2) is 11.5 Å². The molecule has 1 fully saturated rings. The van der Waals surface area contributed by atoms with E-state index in [1.165, 1.54) is 31.4 Å². The third-order valence-electron chi connectivity index (χ3n) is 6.36. The van der Waals surface area contributed by atoms with Gasteiger partial charge in [0.25, 0.3) is 0 Å². The topological polar surface area (TPSA) is 128 Å². The van der Waals surface area contributed by atoms with Crippen LogP contribution in [0.4, 0.5) is 15.0 Å². The van der Waals surface area contributed by atoms with Crippen LogP contribution < -0.4 is 15.0 Å². The fourth-order valence-corrected chi connectivity index (χ4v) is 4.50. The Morgan fingerprint density at radius 3 is 2.38 bits per heavy atom. The average molecular weight is 535 g/mol. The molecule has 39 heavy (non-hydrogen) atoms. The number of phenols is 1. The number of aromatic nitrogens is 1. The summed E-state index contributed by atoms with van der Waals surface area (Å²) in [6, 6.07) is 12.0. The maximum atomic E-state index is 14.6. The normalized spacial score (nSPS) is 14.0. The number of carbonyl (C=O) groups excluding carboxylic acids is 1. The van der Waals surface area contributed by atoms with E-state index in [9.17, 15) is 19.4 Å². The fourth-order valence-electron chi connectivity index (χ4n) is 4.50. The lowest BCUT2D eigenvalue weighted by atomic mass is 9.96. The van der Waals surface area contributed by atoms with E-state index in [1.807, 2.05) is 25.7 Å². The molecule has 0 radical (unpaired) electrons. The summed E-state index contributed by atoms with van der Waals surface area (Å²) in [7, 11) is 1.43. The molecule has 0 aliphatic carbocycles. The van der Waals surface area contributed by atoms with E-state index >= 15 is 0 Å². The van der Waals surface area contributed by atoms with Gasteiger partial charge in [0.1, 0.15) is 29.1 Å². The molecule has 204 valence electrons. The number of nitrogens with zero attached hydrogens (tertiary/aromatic N) is 3. The molecule has 1 aliphatic rings. The molecule has 1 aliphatic heterocycles. The highest BCUT2D eigenvalue weighted by atomic mass is 19.1. The first kappa shape index (κ1) is 27.5. The van der Waals surface area contributed by atoms with Crippen molar-refractivity contribution in [1.29, 1.82) is 5.26 Å². The largest absolute Gasteiger partial charge is 0.507 e. The van der Waals surface area contributed by atoms with Gasteiger partial charge in [0.2, 0.25) is 0 Å². The Morgan fingerprint density at radius 1 is 1.10 bits per heavy atom. The molecular formula is C29H31FN4O5. The first-order chi connectivity index (χ1) is 18.5. The Hall–Kier alpha value is -4.52. The van der Waals surface area contributed by atoms with Gasteiger partial charge in [-0.05, 0) is 63.4 Å². The maximum absolute atomic E-state index is 14.6. The molecule has 0 atom stereocenters. The van der Waals surface area contributed by atoms with E-state index in [1.54, 1.807) is 24.3 Å². The molecule has 4 rings (SSSR count). The summed E-state index contributed by atoms with van der Waals surface area (Å²) in [5.41, 5.74) is 0.688. The minimum Gasteiger partial charge on any atom is -0.507 e. The average Bonchev–Trinajstić information content (AvgIpc) is 2.87. The first-order valence-corrected chi connectivity index (χ1v) is 12.5. The van der Waals surface area contributed by atoms with Gasteiger partial charge in [-0.3, -0.25) is 0 Å². The number of halogens is 1. The van der Waals surface area contributed by atoms with Gasteiger partial charge in [-0.1, -0.05) is 12.1 Å². The molecule has 2 heterocycles. The van der Waals surface area contributed by atoms with Gasteiger partial charge in [-0.15, -0.1) is 0 Å². The Balaban J connectivity index is 1.67. The molecule has 3 aromatic rings. The number of nitriles is 1. The molecule has 0 saturated carbocycles. The molecular weight excluding hydrogens is 503 g/mol. The number of rotatable bonds is 5. The number of hydrogen-bond donors (Lipinski definition) is 3. The highest BCUT2D eigenvalue weighted by Gasteiger charge is 2.26. The van der Waals surface area contributed by atoms with E-state index in [4.69, 9.17) is 19.7 Å². The number of methoxy groups -OCH3 is 1. The van der Waals surface area contributed by atoms with Crippen LogP contribution in [0.5, 0.6) is 17.2 Å². The van der Waals surface area contributed by atoms with Crippen LogP contribution in [-0.4, -0.2) is 53.1 Å². The van der Waals surface area contributed by atoms with Crippen molar-refractivity contribution < 1.29 is 28.9 Å². The number of nitrogens with one attached hydrogen (secondary N) is 1. The van der Waals surface area contributed by atoms with Gasteiger partial charge < -0.3 is 29.9 Å². The molecule has 1 saturated heterocycles. The van der Waals surface area contributed by atoms with Crippen molar-refractivity contribution >= 4 is 11.9 Å². The van der Waals surface area contributed by atoms with Crippen molar-refractivity contribution in [3.8, 4) is 45.7 Å². The first-order valence-electron chi connectivity index (χ1n) is 12.5. The SMILES string of the molecule is COc1ccc(-c2c(O)cc(N3CCC(NC(=O)OC(C)(C)C)CC3)nc2-c2ccc(C#N)c(F)c2)cc1O. The maximum Gasteiger partial charge on any atom is 0.407 e. The van der Waals surface area contributed by atoms with E-state index in [0.29, 0.717) is 48.4 Å². The van der Waals surface area contributed by atoms with Gasteiger partial charge in [0, 0.05) is 30.8 Å². The Bertz CT molecular complexity index is 1420. The number of phenolic OH excluding ortho intramolecular Hbond substituents is 1. The number of hydrogen-bond acceptors (Lipinski definition) is 8. The molecule has 1 aromatic heterocycles. The van der Waals surface area contributed by atoms with Crippen LogP contribution >= 0.6 is 0 Å². The number of amides is 1. The number of ether oxygens (including phenoxy) is 2. The highest BCUT2D eigenvalue weighted by molar-refractivity contribution is 5.87. The van der Waals surface area contributed by atoms with Gasteiger partial charge >= 0.3 is 6.09 Å². The smallest absolute Gasteiger partial charge is 0.407 e. The van der Waals surface area contributed by atoms with Gasteiger partial charge in [-0.25, -0.2) is 14.2 Å². The second-order valence-corrected chi connectivity index (χ2v) is 10.3. The molecule has 2 aromatic carbocycles. The molecule has 10 heteroatoms. The molecule has 0 unspecified atom stereocenters. The molecule has 0 spiro atoms. The molecule has 1 amide bonds. The number of aromatic hydroxyl groups is 2. The van der Waals surface area contributed by atoms with Crippen molar-refractivity contribution in [3.63, 3.8) is 0 Å². The zero-order valence-electron chi connectivity index (χ0n) is 22.3. The highest BCUT2D eigenvalue weighted by Crippen LogP contribution is 2.42. The number of alkyl carbamates (subject to hydrolysis) is 1. The minimum absolute atomic E-state index is 0.0710. The van der Waals surface area contributed by atoms with Crippen molar-refractivity contribution in [3.05, 3.63) is 53.8 Å². The van der Waals surface area contributed by atoms with Crippen molar-refractivity contribution in [2.24, 2.45) is 0 Å². The van der Waals surface area contributed by atoms with Crippen LogP contribution in [0.2, 0.25) is 0 Å². The predicted octanol–water partition coefficient (Wildman–Crippen LogP) is 5.34. The van der Waals surface area contributed by atoms with Crippen molar-refractivity contribution in [2.45, 2.75) is 45.3 Å². The van der Waals surface area contributed by atoms with Crippen molar-refractivity contribution in [2.75, 3.05) is 25.1 Å². The monoisotopic (exact) mass is 534 g/mol. The predicted molar refractivity (Wildman–Crippen MR) is 144 cm³/mol. The summed E-state index contributed by atoms with van der Waals surface area (Å²) in [6.45, 7) is 6.53. The van der Waals surface area contributed by atoms with Crippen LogP contribution in [0.15, 0.2) is 42.5 Å². The summed E-state index contributed by atoms with van der Waals surface area (Å²) >= 11 is 0. The summed E-state index contributed by atoms with van der Waals surface area (Å²) in [5, 5.41) is 33.6. The third kappa shape index (κ3) is 6.32. The number of piperidine rings is 1. The third-order valence-corrected chi connectivity index (χ3v) is 6.36. The fraction of sp³-hybridized carbons (Fsp3) is 0.345. The van der Waals surface area contributed by atoms with Crippen LogP contribution in [0.3, 0.4) is 0 Å². The number of pyridine rings is 1. The van der Waals surface area contributed by atoms with Crippen LogP contribution in [0, 0.1) is 17.1 Å². The van der Waals surface area contributed by atoms with Gasteiger partial charge in [0.05, 0.1) is 23.9 Å². The zero-order valence-corrected chi connectivity index (χ0v) is 22.3. The Kier molecular flexibility index (Phi) is 7.81.